The standard InChI is InChI=1S/C15H27N3O2/c1-4-8-16-13(14-17-9-10-18(14)3)15(20-5-2)6-11-19-12-7-15/h9-10,13,16H,4-8,11-12H2,1-3H3. The molecule has 1 saturated heterocycles. The third kappa shape index (κ3) is 3.22. The molecule has 0 radical (unpaired) electrons. The van der Waals surface area contributed by atoms with Gasteiger partial charge in [-0.05, 0) is 19.9 Å². The fourth-order valence-electron chi connectivity index (χ4n) is 2.98. The summed E-state index contributed by atoms with van der Waals surface area (Å²) < 4.78 is 13.8. The third-order valence-electron chi connectivity index (χ3n) is 4.01. The van der Waals surface area contributed by atoms with Crippen molar-refractivity contribution < 1.29 is 9.47 Å². The lowest BCUT2D eigenvalue weighted by atomic mass is 9.85. The Hall–Kier alpha value is -0.910. The first kappa shape index (κ1) is 15.5. The van der Waals surface area contributed by atoms with E-state index >= 15 is 0 Å². The maximum atomic E-state index is 6.21. The van der Waals surface area contributed by atoms with E-state index in [0.29, 0.717) is 6.61 Å². The monoisotopic (exact) mass is 281 g/mol. The van der Waals surface area contributed by atoms with Crippen molar-refractivity contribution in [2.24, 2.45) is 7.05 Å². The Morgan fingerprint density at radius 2 is 2.20 bits per heavy atom. The number of nitrogens with zero attached hydrogens (tertiary/aromatic N) is 2. The van der Waals surface area contributed by atoms with Gasteiger partial charge in [-0.25, -0.2) is 4.98 Å². The lowest BCUT2D eigenvalue weighted by Crippen LogP contribution is -2.51. The van der Waals surface area contributed by atoms with E-state index in [1.54, 1.807) is 0 Å². The summed E-state index contributed by atoms with van der Waals surface area (Å²) in [6.45, 7) is 7.44. The summed E-state index contributed by atoms with van der Waals surface area (Å²) in [6, 6.07) is 0.117. The highest BCUT2D eigenvalue weighted by molar-refractivity contribution is 5.09. The molecule has 0 aromatic carbocycles. The number of aromatic nitrogens is 2. The normalized spacial score (nSPS) is 19.9. The molecule has 1 N–H and O–H groups in total. The molecule has 5 heteroatoms. The molecule has 1 unspecified atom stereocenters. The zero-order valence-electron chi connectivity index (χ0n) is 12.9. The minimum atomic E-state index is -0.207. The van der Waals surface area contributed by atoms with Gasteiger partial charge in [-0.15, -0.1) is 0 Å². The van der Waals surface area contributed by atoms with Gasteiger partial charge in [0.05, 0.1) is 11.6 Å². The van der Waals surface area contributed by atoms with Gasteiger partial charge in [0.15, 0.2) is 0 Å². The maximum absolute atomic E-state index is 6.21. The van der Waals surface area contributed by atoms with Crippen LogP contribution < -0.4 is 5.32 Å². The van der Waals surface area contributed by atoms with Gasteiger partial charge in [-0.2, -0.15) is 0 Å². The fourth-order valence-corrected chi connectivity index (χ4v) is 2.98. The van der Waals surface area contributed by atoms with Crippen molar-refractivity contribution in [3.63, 3.8) is 0 Å². The smallest absolute Gasteiger partial charge is 0.128 e. The molecule has 0 spiro atoms. The van der Waals surface area contributed by atoms with Gasteiger partial charge in [-0.1, -0.05) is 6.92 Å². The number of hydrogen-bond donors (Lipinski definition) is 1. The van der Waals surface area contributed by atoms with Crippen molar-refractivity contribution in [2.75, 3.05) is 26.4 Å². The Labute approximate surface area is 121 Å². The Morgan fingerprint density at radius 1 is 1.45 bits per heavy atom. The second-order valence-electron chi connectivity index (χ2n) is 5.39. The molecule has 0 aliphatic carbocycles. The summed E-state index contributed by atoms with van der Waals surface area (Å²) in [5.41, 5.74) is -0.207. The maximum Gasteiger partial charge on any atom is 0.128 e. The minimum absolute atomic E-state index is 0.117. The second-order valence-corrected chi connectivity index (χ2v) is 5.39. The number of rotatable bonds is 7. The summed E-state index contributed by atoms with van der Waals surface area (Å²) in [6.07, 6.45) is 6.77. The van der Waals surface area contributed by atoms with Crippen LogP contribution in [0.2, 0.25) is 0 Å². The zero-order chi connectivity index (χ0) is 14.4. The van der Waals surface area contributed by atoms with E-state index in [2.05, 4.69) is 28.7 Å². The van der Waals surface area contributed by atoms with Crippen LogP contribution in [-0.4, -0.2) is 41.5 Å². The predicted octanol–water partition coefficient (Wildman–Crippen LogP) is 2.05. The van der Waals surface area contributed by atoms with Crippen LogP contribution in [0, 0.1) is 0 Å². The van der Waals surface area contributed by atoms with Crippen LogP contribution in [0.25, 0.3) is 0 Å². The number of nitrogens with one attached hydrogen (secondary N) is 1. The van der Waals surface area contributed by atoms with Crippen LogP contribution >= 0.6 is 0 Å². The summed E-state index contributed by atoms with van der Waals surface area (Å²) >= 11 is 0. The molecule has 1 aromatic rings. The highest BCUT2D eigenvalue weighted by Gasteiger charge is 2.43. The molecule has 20 heavy (non-hydrogen) atoms. The summed E-state index contributed by atoms with van der Waals surface area (Å²) in [5, 5.41) is 3.64. The summed E-state index contributed by atoms with van der Waals surface area (Å²) in [7, 11) is 2.04. The minimum Gasteiger partial charge on any atom is -0.381 e. The average molecular weight is 281 g/mol. The first-order chi connectivity index (χ1) is 9.73. The molecule has 114 valence electrons. The van der Waals surface area contributed by atoms with Gasteiger partial charge in [0, 0.05) is 52.1 Å². The van der Waals surface area contributed by atoms with Crippen molar-refractivity contribution in [3.8, 4) is 0 Å². The molecule has 1 fully saturated rings. The van der Waals surface area contributed by atoms with Crippen LogP contribution in [0.4, 0.5) is 0 Å². The lowest BCUT2D eigenvalue weighted by molar-refractivity contribution is -0.129. The van der Waals surface area contributed by atoms with Crippen molar-refractivity contribution >= 4 is 0 Å². The van der Waals surface area contributed by atoms with Gasteiger partial charge >= 0.3 is 0 Å². The molecular weight excluding hydrogens is 254 g/mol. The first-order valence-corrected chi connectivity index (χ1v) is 7.66. The summed E-state index contributed by atoms with van der Waals surface area (Å²) in [5.74, 6) is 1.05. The number of ether oxygens (including phenoxy) is 2. The third-order valence-corrected chi connectivity index (χ3v) is 4.01. The molecule has 1 aliphatic rings. The van der Waals surface area contributed by atoms with Crippen molar-refractivity contribution in [1.82, 2.24) is 14.9 Å². The molecule has 0 amide bonds. The topological polar surface area (TPSA) is 48.3 Å². The number of imidazole rings is 1. The van der Waals surface area contributed by atoms with Crippen molar-refractivity contribution in [1.29, 1.82) is 0 Å². The molecular formula is C15H27N3O2. The molecule has 5 nitrogen and oxygen atoms in total. The van der Waals surface area contributed by atoms with E-state index < -0.39 is 0 Å². The highest BCUT2D eigenvalue weighted by Crippen LogP contribution is 2.37. The molecule has 2 rings (SSSR count). The Morgan fingerprint density at radius 3 is 2.75 bits per heavy atom. The number of hydrogen-bond acceptors (Lipinski definition) is 4. The van der Waals surface area contributed by atoms with Crippen LogP contribution in [-0.2, 0) is 16.5 Å². The lowest BCUT2D eigenvalue weighted by Gasteiger charge is -2.43. The fraction of sp³-hybridized carbons (Fsp3) is 0.800. The van der Waals surface area contributed by atoms with Crippen LogP contribution in [0.15, 0.2) is 12.4 Å². The van der Waals surface area contributed by atoms with Crippen LogP contribution in [0.3, 0.4) is 0 Å². The van der Waals surface area contributed by atoms with Crippen molar-refractivity contribution in [3.05, 3.63) is 18.2 Å². The zero-order valence-corrected chi connectivity index (χ0v) is 12.9. The molecule has 0 saturated carbocycles. The SMILES string of the molecule is CCCNC(c1nccn1C)C1(OCC)CCOCC1. The molecule has 0 bridgehead atoms. The molecule has 2 heterocycles. The number of aryl methyl sites for hydroxylation is 1. The Bertz CT molecular complexity index is 394. The van der Waals surface area contributed by atoms with Gasteiger partial charge in [0.25, 0.3) is 0 Å². The summed E-state index contributed by atoms with van der Waals surface area (Å²) in [4.78, 5) is 4.55. The highest BCUT2D eigenvalue weighted by atomic mass is 16.5. The van der Waals surface area contributed by atoms with Crippen LogP contribution in [0.1, 0.15) is 45.0 Å². The van der Waals surface area contributed by atoms with E-state index in [0.717, 1.165) is 44.8 Å². The van der Waals surface area contributed by atoms with E-state index in [1.807, 2.05) is 19.4 Å². The van der Waals surface area contributed by atoms with Gasteiger partial charge < -0.3 is 19.4 Å². The van der Waals surface area contributed by atoms with Gasteiger partial charge in [0.1, 0.15) is 5.82 Å². The molecule has 1 atom stereocenters. The van der Waals surface area contributed by atoms with Crippen LogP contribution in [0.5, 0.6) is 0 Å². The average Bonchev–Trinajstić information content (AvgIpc) is 2.87. The Kier molecular flexibility index (Phi) is 5.57. The van der Waals surface area contributed by atoms with E-state index in [1.165, 1.54) is 0 Å². The van der Waals surface area contributed by atoms with E-state index in [4.69, 9.17) is 9.47 Å². The second kappa shape index (κ2) is 7.20. The van der Waals surface area contributed by atoms with Crippen molar-refractivity contribution in [2.45, 2.75) is 44.8 Å². The van der Waals surface area contributed by atoms with E-state index in [-0.39, 0.29) is 11.6 Å². The van der Waals surface area contributed by atoms with Gasteiger partial charge in [-0.3, -0.25) is 0 Å². The van der Waals surface area contributed by atoms with E-state index in [9.17, 15) is 0 Å². The quantitative estimate of drug-likeness (QED) is 0.831. The Balaban J connectivity index is 2.29. The molecule has 1 aromatic heterocycles. The largest absolute Gasteiger partial charge is 0.381 e. The predicted molar refractivity (Wildman–Crippen MR) is 78.7 cm³/mol. The molecule has 1 aliphatic heterocycles. The first-order valence-electron chi connectivity index (χ1n) is 7.66. The van der Waals surface area contributed by atoms with Gasteiger partial charge in [0.2, 0.25) is 0 Å².